The van der Waals surface area contributed by atoms with Gasteiger partial charge in [-0.3, -0.25) is 15.0 Å². The first-order chi connectivity index (χ1) is 19.2. The van der Waals surface area contributed by atoms with Gasteiger partial charge < -0.3 is 20.9 Å². The predicted molar refractivity (Wildman–Crippen MR) is 159 cm³/mol. The van der Waals surface area contributed by atoms with Gasteiger partial charge in [0.05, 0.1) is 5.56 Å². The molecule has 0 saturated heterocycles. The molecule has 10 nitrogen and oxygen atoms in total. The maximum Gasteiger partial charge on any atom is 0.411 e. The summed E-state index contributed by atoms with van der Waals surface area (Å²) in [5.74, 6) is -0.902. The van der Waals surface area contributed by atoms with Crippen LogP contribution in [0.4, 0.5) is 14.6 Å². The fourth-order valence-corrected chi connectivity index (χ4v) is 5.85. The lowest BCUT2D eigenvalue weighted by atomic mass is 10.0. The van der Waals surface area contributed by atoms with Crippen molar-refractivity contribution >= 4 is 40.3 Å². The molecule has 1 saturated carbocycles. The van der Waals surface area contributed by atoms with Crippen LogP contribution in [0, 0.1) is 5.92 Å². The van der Waals surface area contributed by atoms with Crippen molar-refractivity contribution < 1.29 is 28.7 Å². The fraction of sp³-hybridized carbons (Fsp3) is 0.533. The van der Waals surface area contributed by atoms with Crippen LogP contribution < -0.4 is 16.8 Å². The molecule has 1 aliphatic rings. The van der Waals surface area contributed by atoms with Gasteiger partial charge in [0.15, 0.2) is 0 Å². The van der Waals surface area contributed by atoms with E-state index < -0.39 is 35.6 Å². The zero-order valence-electron chi connectivity index (χ0n) is 24.5. The normalized spacial score (nSPS) is 14.5. The average molecular weight is 587 g/mol. The summed E-state index contributed by atoms with van der Waals surface area (Å²) in [6, 6.07) is 7.72. The molecule has 224 valence electrons. The Balaban J connectivity index is 1.82. The van der Waals surface area contributed by atoms with Crippen LogP contribution >= 0.6 is 11.3 Å². The summed E-state index contributed by atoms with van der Waals surface area (Å²) >= 11 is 1.23. The summed E-state index contributed by atoms with van der Waals surface area (Å²) in [5.41, 5.74) is 11.9. The van der Waals surface area contributed by atoms with E-state index in [1.54, 1.807) is 26.8 Å². The van der Waals surface area contributed by atoms with Crippen LogP contribution in [0.15, 0.2) is 30.3 Å². The molecule has 0 aliphatic heterocycles. The highest BCUT2D eigenvalue weighted by molar-refractivity contribution is 7.16. The van der Waals surface area contributed by atoms with Gasteiger partial charge in [0.2, 0.25) is 0 Å². The van der Waals surface area contributed by atoms with E-state index in [1.165, 1.54) is 16.2 Å². The maximum atomic E-state index is 13.4. The van der Waals surface area contributed by atoms with Crippen molar-refractivity contribution in [3.8, 4) is 0 Å². The van der Waals surface area contributed by atoms with Crippen molar-refractivity contribution in [2.45, 2.75) is 97.4 Å². The lowest BCUT2D eigenvalue weighted by molar-refractivity contribution is -0.156. The van der Waals surface area contributed by atoms with Crippen LogP contribution in [-0.2, 0) is 27.2 Å². The van der Waals surface area contributed by atoms with Gasteiger partial charge in [0.25, 0.3) is 5.91 Å². The molecule has 1 aromatic carbocycles. The minimum absolute atomic E-state index is 0.108. The Labute approximate surface area is 245 Å². The molecular weight excluding hydrogens is 544 g/mol. The Hall–Kier alpha value is -3.60. The number of nitrogens with two attached hydrogens (primary N) is 2. The standard InChI is InChI=1S/C30H42N4O6S/c1-18(2)14-24(27(36)39-21-8-6-7-9-21)34(29(38)40-30(3,4)5)17-20-12-10-19(11-13-20)15-22-16-23(25(31)35)26(41-22)33-28(32)37/h10-13,16,18,21,24H,6-9,14-15,17H2,1-5H3,(H2,31,35)(H3,32,33,37)/t24-/m1/s1. The van der Waals surface area contributed by atoms with E-state index in [0.29, 0.717) is 17.8 Å². The van der Waals surface area contributed by atoms with E-state index in [1.807, 2.05) is 38.1 Å². The summed E-state index contributed by atoms with van der Waals surface area (Å²) in [6.07, 6.45) is 4.03. The number of urea groups is 1. The molecule has 5 N–H and O–H groups in total. The summed E-state index contributed by atoms with van der Waals surface area (Å²) < 4.78 is 11.6. The third-order valence-corrected chi connectivity index (χ3v) is 7.65. The third-order valence-electron chi connectivity index (χ3n) is 6.60. The van der Waals surface area contributed by atoms with E-state index in [-0.39, 0.29) is 24.1 Å². The number of anilines is 1. The van der Waals surface area contributed by atoms with Gasteiger partial charge in [-0.15, -0.1) is 11.3 Å². The number of nitrogens with one attached hydrogen (secondary N) is 1. The number of carbonyl (C=O) groups is 4. The lowest BCUT2D eigenvalue weighted by Crippen LogP contribution is -2.48. The zero-order chi connectivity index (χ0) is 30.3. The van der Waals surface area contributed by atoms with Gasteiger partial charge in [-0.1, -0.05) is 38.1 Å². The molecule has 41 heavy (non-hydrogen) atoms. The Bertz CT molecular complexity index is 1230. The summed E-state index contributed by atoms with van der Waals surface area (Å²) in [4.78, 5) is 52.2. The zero-order valence-corrected chi connectivity index (χ0v) is 25.3. The van der Waals surface area contributed by atoms with Crippen molar-refractivity contribution in [1.29, 1.82) is 0 Å². The van der Waals surface area contributed by atoms with Crippen LogP contribution in [0.3, 0.4) is 0 Å². The number of primary amides is 2. The Morgan fingerprint density at radius 2 is 1.66 bits per heavy atom. The van der Waals surface area contributed by atoms with Gasteiger partial charge in [-0.05, 0) is 76.0 Å². The molecule has 4 amide bonds. The van der Waals surface area contributed by atoms with E-state index in [4.69, 9.17) is 20.9 Å². The van der Waals surface area contributed by atoms with Gasteiger partial charge in [-0.25, -0.2) is 14.4 Å². The highest BCUT2D eigenvalue weighted by atomic mass is 32.1. The number of ether oxygens (including phenoxy) is 2. The molecule has 1 atom stereocenters. The molecule has 0 radical (unpaired) electrons. The van der Waals surface area contributed by atoms with Crippen LogP contribution in [0.5, 0.6) is 0 Å². The molecule has 0 unspecified atom stereocenters. The predicted octanol–water partition coefficient (Wildman–Crippen LogP) is 5.57. The molecule has 1 fully saturated rings. The Morgan fingerprint density at radius 1 is 1.05 bits per heavy atom. The number of hydrogen-bond donors (Lipinski definition) is 3. The number of rotatable bonds is 11. The third kappa shape index (κ3) is 9.77. The average Bonchev–Trinajstić information content (AvgIpc) is 3.50. The second-order valence-electron chi connectivity index (χ2n) is 11.9. The second kappa shape index (κ2) is 13.8. The van der Waals surface area contributed by atoms with Crippen molar-refractivity contribution in [3.63, 3.8) is 0 Å². The van der Waals surface area contributed by atoms with Gasteiger partial charge in [0.1, 0.15) is 22.7 Å². The monoisotopic (exact) mass is 586 g/mol. The number of thiophene rings is 1. The van der Waals surface area contributed by atoms with E-state index in [9.17, 15) is 19.2 Å². The molecular formula is C30H42N4O6S. The molecule has 0 spiro atoms. The molecule has 0 bridgehead atoms. The van der Waals surface area contributed by atoms with Crippen LogP contribution in [-0.4, -0.2) is 46.6 Å². The number of benzene rings is 1. The van der Waals surface area contributed by atoms with Crippen molar-refractivity contribution in [3.05, 3.63) is 51.9 Å². The molecule has 11 heteroatoms. The van der Waals surface area contributed by atoms with Crippen LogP contribution in [0.2, 0.25) is 0 Å². The highest BCUT2D eigenvalue weighted by Crippen LogP contribution is 2.30. The van der Waals surface area contributed by atoms with Crippen molar-refractivity contribution in [1.82, 2.24) is 4.90 Å². The SMILES string of the molecule is CC(C)C[C@H](C(=O)OC1CCCC1)N(Cc1ccc(Cc2cc(C(N)=O)c(NC(N)=O)s2)cc1)C(=O)OC(C)(C)C. The van der Waals surface area contributed by atoms with Crippen LogP contribution in [0.25, 0.3) is 0 Å². The lowest BCUT2D eigenvalue weighted by Gasteiger charge is -2.34. The molecule has 1 heterocycles. The number of esters is 1. The highest BCUT2D eigenvalue weighted by Gasteiger charge is 2.36. The number of hydrogen-bond acceptors (Lipinski definition) is 7. The van der Waals surface area contributed by atoms with Crippen molar-refractivity contribution in [2.24, 2.45) is 17.4 Å². The Morgan fingerprint density at radius 3 is 2.20 bits per heavy atom. The smallest absolute Gasteiger partial charge is 0.411 e. The first-order valence-electron chi connectivity index (χ1n) is 14.0. The van der Waals surface area contributed by atoms with Crippen molar-refractivity contribution in [2.75, 3.05) is 5.32 Å². The topological polar surface area (TPSA) is 154 Å². The summed E-state index contributed by atoms with van der Waals surface area (Å²) in [7, 11) is 0. The van der Waals surface area contributed by atoms with Gasteiger partial charge >= 0.3 is 18.1 Å². The Kier molecular flexibility index (Phi) is 10.8. The quantitative estimate of drug-likeness (QED) is 0.293. The van der Waals surface area contributed by atoms with Gasteiger partial charge in [-0.2, -0.15) is 0 Å². The molecule has 3 rings (SSSR count). The minimum Gasteiger partial charge on any atom is -0.461 e. The maximum absolute atomic E-state index is 13.4. The summed E-state index contributed by atoms with van der Waals surface area (Å²) in [6.45, 7) is 9.58. The van der Waals surface area contributed by atoms with E-state index in [2.05, 4.69) is 5.32 Å². The number of amides is 4. The summed E-state index contributed by atoms with van der Waals surface area (Å²) in [5, 5.41) is 2.75. The molecule has 2 aromatic rings. The van der Waals surface area contributed by atoms with Gasteiger partial charge in [0, 0.05) is 17.8 Å². The fourth-order valence-electron chi connectivity index (χ4n) is 4.75. The molecule has 1 aromatic heterocycles. The first kappa shape index (κ1) is 31.9. The largest absolute Gasteiger partial charge is 0.461 e. The van der Waals surface area contributed by atoms with Crippen LogP contribution in [0.1, 0.15) is 93.1 Å². The minimum atomic E-state index is -0.778. The second-order valence-corrected chi connectivity index (χ2v) is 13.0. The van der Waals surface area contributed by atoms with E-state index in [0.717, 1.165) is 41.7 Å². The number of carbonyl (C=O) groups excluding carboxylic acids is 4. The first-order valence-corrected chi connectivity index (χ1v) is 14.8. The number of nitrogens with zero attached hydrogens (tertiary/aromatic N) is 1. The van der Waals surface area contributed by atoms with E-state index >= 15 is 0 Å². The molecule has 1 aliphatic carbocycles.